The molecule has 2 heterocycles. The van der Waals surface area contributed by atoms with Gasteiger partial charge in [0.15, 0.2) is 11.6 Å². The summed E-state index contributed by atoms with van der Waals surface area (Å²) >= 11 is 0. The lowest BCUT2D eigenvalue weighted by atomic mass is 10.4. The first-order chi connectivity index (χ1) is 8.63. The van der Waals surface area contributed by atoms with E-state index < -0.39 is 5.09 Å². The Kier molecular flexibility index (Phi) is 5.06. The molecule has 0 saturated heterocycles. The number of rotatable bonds is 3. The van der Waals surface area contributed by atoms with Crippen LogP contribution in [-0.2, 0) is 0 Å². The molecule has 2 N–H and O–H groups in total. The zero-order chi connectivity index (χ0) is 13.4. The van der Waals surface area contributed by atoms with Crippen molar-refractivity contribution in [2.75, 3.05) is 7.05 Å². The molecule has 0 atom stereocenters. The van der Waals surface area contributed by atoms with Gasteiger partial charge in [0.1, 0.15) is 0 Å². The lowest BCUT2D eigenvalue weighted by Crippen LogP contribution is -2.11. The van der Waals surface area contributed by atoms with Gasteiger partial charge < -0.3 is 10.0 Å². The second kappa shape index (κ2) is 6.81. The summed E-state index contributed by atoms with van der Waals surface area (Å²) in [5, 5.41) is 17.7. The Labute approximate surface area is 102 Å². The molecule has 2 aromatic rings. The topological polar surface area (TPSA) is 115 Å². The van der Waals surface area contributed by atoms with E-state index in [0.29, 0.717) is 5.75 Å². The van der Waals surface area contributed by atoms with Gasteiger partial charge in [-0.3, -0.25) is 0 Å². The van der Waals surface area contributed by atoms with Gasteiger partial charge in [-0.15, -0.1) is 10.1 Å². The largest absolute Gasteiger partial charge is 0.407 e. The fourth-order valence-electron chi connectivity index (χ4n) is 1.09. The maximum absolute atomic E-state index is 8.36. The summed E-state index contributed by atoms with van der Waals surface area (Å²) in [4.78, 5) is 17.6. The Morgan fingerprint density at radius 3 is 2.72 bits per heavy atom. The molecule has 0 fully saturated rings. The molecule has 9 heteroatoms. The number of aromatic nitrogens is 3. The molecule has 9 nitrogen and oxygen atoms in total. The van der Waals surface area contributed by atoms with Crippen LogP contribution in [0, 0.1) is 10.1 Å². The van der Waals surface area contributed by atoms with Gasteiger partial charge in [-0.25, -0.2) is 9.67 Å². The molecule has 0 amide bonds. The summed E-state index contributed by atoms with van der Waals surface area (Å²) in [5.74, 6) is 1.43. The second-order valence-electron chi connectivity index (χ2n) is 2.85. The minimum atomic E-state index is -1.50. The van der Waals surface area contributed by atoms with E-state index in [-0.39, 0.29) is 0 Å². The first-order valence-corrected chi connectivity index (χ1v) is 4.76. The number of hydrogen-bond acceptors (Lipinski definition) is 6. The zero-order valence-corrected chi connectivity index (χ0v) is 9.42. The molecule has 0 aliphatic rings. The SMILES string of the molecule is CNOc1ccc(-n2cccn2)nc1.O=[N+]([O-])O. The highest BCUT2D eigenvalue weighted by Gasteiger charge is 1.98. The van der Waals surface area contributed by atoms with Crippen LogP contribution in [0.4, 0.5) is 0 Å². The summed E-state index contributed by atoms with van der Waals surface area (Å²) in [7, 11) is 1.70. The second-order valence-corrected chi connectivity index (χ2v) is 2.85. The van der Waals surface area contributed by atoms with Crippen molar-refractivity contribution in [3.05, 3.63) is 46.9 Å². The standard InChI is InChI=1S/C9H10N4O.HNO3/c1-10-14-8-3-4-9(11-7-8)13-6-2-5-12-13;2-1(3)4/h2-7,10H,1H3;(H,2,3,4). The third kappa shape index (κ3) is 4.45. The van der Waals surface area contributed by atoms with Crippen LogP contribution in [0.25, 0.3) is 5.82 Å². The van der Waals surface area contributed by atoms with Gasteiger partial charge in [0.2, 0.25) is 0 Å². The van der Waals surface area contributed by atoms with E-state index in [1.165, 1.54) is 0 Å². The minimum absolute atomic E-state index is 0.670. The maximum Gasteiger partial charge on any atom is 0.291 e. The third-order valence-corrected chi connectivity index (χ3v) is 1.68. The zero-order valence-electron chi connectivity index (χ0n) is 9.42. The van der Waals surface area contributed by atoms with Crippen LogP contribution in [-0.4, -0.2) is 32.1 Å². The van der Waals surface area contributed by atoms with Crippen LogP contribution in [0.1, 0.15) is 0 Å². The Hall–Kier alpha value is -2.68. The molecule has 18 heavy (non-hydrogen) atoms. The predicted molar refractivity (Wildman–Crippen MR) is 59.8 cm³/mol. The van der Waals surface area contributed by atoms with Gasteiger partial charge >= 0.3 is 0 Å². The molecule has 0 aromatic carbocycles. The molecule has 2 rings (SSSR count). The maximum atomic E-state index is 8.36. The number of nitrogens with one attached hydrogen (secondary N) is 1. The minimum Gasteiger partial charge on any atom is -0.407 e. The Bertz CT molecular complexity index is 466. The molecule has 0 radical (unpaired) electrons. The normalized spacial score (nSPS) is 9.17. The summed E-state index contributed by atoms with van der Waals surface area (Å²) < 4.78 is 1.68. The number of hydrogen-bond donors (Lipinski definition) is 2. The average molecular weight is 253 g/mol. The van der Waals surface area contributed by atoms with Crippen LogP contribution in [0.15, 0.2) is 36.8 Å². The van der Waals surface area contributed by atoms with Gasteiger partial charge in [-0.1, -0.05) is 0 Å². The van der Waals surface area contributed by atoms with Crippen LogP contribution in [0.2, 0.25) is 0 Å². The third-order valence-electron chi connectivity index (χ3n) is 1.68. The summed E-state index contributed by atoms with van der Waals surface area (Å²) in [6.45, 7) is 0. The smallest absolute Gasteiger partial charge is 0.291 e. The van der Waals surface area contributed by atoms with Crippen molar-refractivity contribution in [1.29, 1.82) is 0 Å². The molecule has 96 valence electrons. The lowest BCUT2D eigenvalue weighted by molar-refractivity contribution is -0.742. The molecule has 0 aliphatic heterocycles. The molecule has 2 aromatic heterocycles. The molecule has 0 saturated carbocycles. The molecular weight excluding hydrogens is 242 g/mol. The van der Waals surface area contributed by atoms with Crippen molar-refractivity contribution in [2.24, 2.45) is 0 Å². The fourth-order valence-corrected chi connectivity index (χ4v) is 1.09. The molecule has 0 bridgehead atoms. The number of pyridine rings is 1. The predicted octanol–water partition coefficient (Wildman–Crippen LogP) is 0.433. The van der Waals surface area contributed by atoms with Crippen molar-refractivity contribution in [3.63, 3.8) is 0 Å². The van der Waals surface area contributed by atoms with E-state index in [0.717, 1.165) is 5.82 Å². The van der Waals surface area contributed by atoms with Gasteiger partial charge in [0, 0.05) is 19.4 Å². The Morgan fingerprint density at radius 2 is 2.28 bits per heavy atom. The van der Waals surface area contributed by atoms with Gasteiger partial charge in [0.05, 0.1) is 6.20 Å². The van der Waals surface area contributed by atoms with Crippen molar-refractivity contribution in [1.82, 2.24) is 20.2 Å². The van der Waals surface area contributed by atoms with Gasteiger partial charge in [0.25, 0.3) is 5.09 Å². The van der Waals surface area contributed by atoms with Gasteiger partial charge in [-0.2, -0.15) is 10.6 Å². The van der Waals surface area contributed by atoms with E-state index in [2.05, 4.69) is 15.6 Å². The lowest BCUT2D eigenvalue weighted by Gasteiger charge is -2.03. The molecule has 0 unspecified atom stereocenters. The van der Waals surface area contributed by atoms with Crippen LogP contribution >= 0.6 is 0 Å². The first kappa shape index (κ1) is 13.4. The monoisotopic (exact) mass is 253 g/mol. The molecule has 0 spiro atoms. The fraction of sp³-hybridized carbons (Fsp3) is 0.111. The van der Waals surface area contributed by atoms with Gasteiger partial charge in [-0.05, 0) is 18.2 Å². The van der Waals surface area contributed by atoms with E-state index >= 15 is 0 Å². The highest BCUT2D eigenvalue weighted by Crippen LogP contribution is 2.09. The Morgan fingerprint density at radius 1 is 1.56 bits per heavy atom. The summed E-state index contributed by atoms with van der Waals surface area (Å²) in [6.07, 6.45) is 5.17. The van der Waals surface area contributed by atoms with Crippen LogP contribution in [0.3, 0.4) is 0 Å². The highest BCUT2D eigenvalue weighted by molar-refractivity contribution is 5.27. The van der Waals surface area contributed by atoms with Crippen molar-refractivity contribution < 1.29 is 15.1 Å². The van der Waals surface area contributed by atoms with Crippen LogP contribution < -0.4 is 10.3 Å². The quantitative estimate of drug-likeness (QED) is 0.602. The van der Waals surface area contributed by atoms with Crippen molar-refractivity contribution in [2.45, 2.75) is 0 Å². The van der Waals surface area contributed by atoms with E-state index in [1.807, 2.05) is 24.4 Å². The highest BCUT2D eigenvalue weighted by atomic mass is 16.9. The molecule has 0 aliphatic carbocycles. The summed E-state index contributed by atoms with van der Waals surface area (Å²) in [6, 6.07) is 5.50. The number of hydroxylamine groups is 1. The summed E-state index contributed by atoms with van der Waals surface area (Å²) in [5.41, 5.74) is 2.58. The van der Waals surface area contributed by atoms with E-state index in [4.69, 9.17) is 20.2 Å². The Balaban J connectivity index is 0.000000357. The van der Waals surface area contributed by atoms with E-state index in [1.54, 1.807) is 24.1 Å². The van der Waals surface area contributed by atoms with E-state index in [9.17, 15) is 0 Å². The van der Waals surface area contributed by atoms with Crippen molar-refractivity contribution >= 4 is 0 Å². The van der Waals surface area contributed by atoms with Crippen molar-refractivity contribution in [3.8, 4) is 11.6 Å². The molecular formula is C9H11N5O4. The average Bonchev–Trinajstić information content (AvgIpc) is 2.83. The first-order valence-electron chi connectivity index (χ1n) is 4.76. The number of nitrogens with zero attached hydrogens (tertiary/aromatic N) is 4. The van der Waals surface area contributed by atoms with Crippen LogP contribution in [0.5, 0.6) is 5.75 Å².